The van der Waals surface area contributed by atoms with Crippen LogP contribution in [0, 0.1) is 0 Å². The average molecular weight is 342 g/mol. The number of thiazole rings is 1. The second-order valence-corrected chi connectivity index (χ2v) is 6.03. The Morgan fingerprint density at radius 1 is 1.25 bits per heavy atom. The van der Waals surface area contributed by atoms with Crippen LogP contribution < -0.4 is 10.1 Å². The molecule has 1 N–H and O–H groups in total. The highest BCUT2D eigenvalue weighted by molar-refractivity contribution is 7.13. The van der Waals surface area contributed by atoms with Gasteiger partial charge in [-0.2, -0.15) is 0 Å². The fraction of sp³-hybridized carbons (Fsp3) is 0.222. The number of nitrogens with one attached hydrogen (secondary N) is 1. The molecule has 0 fully saturated rings. The number of carbonyl (C=O) groups excluding carboxylic acids is 1. The van der Waals surface area contributed by atoms with Crippen molar-refractivity contribution in [3.05, 3.63) is 47.5 Å². The molecule has 1 aromatic carbocycles. The van der Waals surface area contributed by atoms with Gasteiger partial charge in [0.05, 0.1) is 13.2 Å². The zero-order chi connectivity index (χ0) is 16.9. The zero-order valence-electron chi connectivity index (χ0n) is 13.5. The summed E-state index contributed by atoms with van der Waals surface area (Å²) >= 11 is 1.56. The molecule has 3 aromatic rings. The predicted molar refractivity (Wildman–Crippen MR) is 93.9 cm³/mol. The highest BCUT2D eigenvalue weighted by Crippen LogP contribution is 2.30. The van der Waals surface area contributed by atoms with Gasteiger partial charge in [0.25, 0.3) is 0 Å². The van der Waals surface area contributed by atoms with E-state index in [0.717, 1.165) is 22.0 Å². The Kier molecular flexibility index (Phi) is 4.96. The van der Waals surface area contributed by atoms with Crippen LogP contribution >= 0.6 is 11.3 Å². The molecular weight excluding hydrogens is 324 g/mol. The largest absolute Gasteiger partial charge is 0.494 e. The maximum atomic E-state index is 10.9. The third kappa shape index (κ3) is 3.83. The maximum Gasteiger partial charge on any atom is 0.217 e. The van der Waals surface area contributed by atoms with Crippen molar-refractivity contribution >= 4 is 17.2 Å². The second kappa shape index (κ2) is 7.31. The summed E-state index contributed by atoms with van der Waals surface area (Å²) in [6, 6.07) is 11.6. The summed E-state index contributed by atoms with van der Waals surface area (Å²) in [6.45, 7) is 4.48. The first kappa shape index (κ1) is 16.3. The molecule has 124 valence electrons. The van der Waals surface area contributed by atoms with Gasteiger partial charge in [-0.25, -0.2) is 4.98 Å². The summed E-state index contributed by atoms with van der Waals surface area (Å²) in [7, 11) is 0. The number of ether oxygens (including phenoxy) is 1. The molecular formula is C18H18N2O3S. The lowest BCUT2D eigenvalue weighted by Crippen LogP contribution is -2.18. The summed E-state index contributed by atoms with van der Waals surface area (Å²) in [5.74, 6) is 2.17. The van der Waals surface area contributed by atoms with E-state index in [-0.39, 0.29) is 5.91 Å². The Labute approximate surface area is 144 Å². The third-order valence-corrected chi connectivity index (χ3v) is 4.23. The number of furan rings is 1. The van der Waals surface area contributed by atoms with E-state index < -0.39 is 0 Å². The highest BCUT2D eigenvalue weighted by atomic mass is 32.1. The first-order valence-corrected chi connectivity index (χ1v) is 8.56. The van der Waals surface area contributed by atoms with Crippen molar-refractivity contribution in [2.24, 2.45) is 0 Å². The molecule has 0 spiro atoms. The van der Waals surface area contributed by atoms with Crippen LogP contribution in [0.5, 0.6) is 5.75 Å². The van der Waals surface area contributed by atoms with Crippen LogP contribution in [-0.4, -0.2) is 17.5 Å². The molecule has 1 amide bonds. The lowest BCUT2D eigenvalue weighted by molar-refractivity contribution is -0.119. The number of rotatable bonds is 6. The van der Waals surface area contributed by atoms with E-state index in [1.54, 1.807) is 11.3 Å². The topological polar surface area (TPSA) is 64.4 Å². The molecule has 0 aliphatic carbocycles. The van der Waals surface area contributed by atoms with Crippen molar-refractivity contribution in [1.82, 2.24) is 10.3 Å². The molecule has 0 radical (unpaired) electrons. The molecule has 5 nitrogen and oxygen atoms in total. The number of aromatic nitrogens is 1. The number of hydrogen-bond donors (Lipinski definition) is 1. The molecule has 2 heterocycles. The SMILES string of the molecule is CCOc1ccc(-c2nc(-c3ccc(CNC(C)=O)o3)cs2)cc1. The first-order chi connectivity index (χ1) is 11.7. The van der Waals surface area contributed by atoms with Gasteiger partial charge in [0.15, 0.2) is 5.76 Å². The van der Waals surface area contributed by atoms with Crippen LogP contribution in [0.3, 0.4) is 0 Å². The summed E-state index contributed by atoms with van der Waals surface area (Å²) in [5, 5.41) is 5.60. The standard InChI is InChI=1S/C18H18N2O3S/c1-3-22-14-6-4-13(5-7-14)18-20-16(11-24-18)17-9-8-15(23-17)10-19-12(2)21/h4-9,11H,3,10H2,1-2H3,(H,19,21). The van der Waals surface area contributed by atoms with E-state index in [0.29, 0.717) is 24.7 Å². The third-order valence-electron chi connectivity index (χ3n) is 3.34. The van der Waals surface area contributed by atoms with Gasteiger partial charge in [-0.1, -0.05) is 0 Å². The summed E-state index contributed by atoms with van der Waals surface area (Å²) in [4.78, 5) is 15.6. The molecule has 0 saturated heterocycles. The summed E-state index contributed by atoms with van der Waals surface area (Å²) in [5.41, 5.74) is 1.83. The Morgan fingerprint density at radius 2 is 2.04 bits per heavy atom. The molecule has 2 aromatic heterocycles. The van der Waals surface area contributed by atoms with Crippen molar-refractivity contribution in [1.29, 1.82) is 0 Å². The number of amides is 1. The minimum Gasteiger partial charge on any atom is -0.494 e. The van der Waals surface area contributed by atoms with Crippen molar-refractivity contribution in [2.75, 3.05) is 6.61 Å². The van der Waals surface area contributed by atoms with Crippen LogP contribution in [0.2, 0.25) is 0 Å². The highest BCUT2D eigenvalue weighted by Gasteiger charge is 2.11. The first-order valence-electron chi connectivity index (χ1n) is 7.68. The molecule has 0 saturated carbocycles. The molecule has 0 atom stereocenters. The molecule has 0 bridgehead atoms. The summed E-state index contributed by atoms with van der Waals surface area (Å²) in [6.07, 6.45) is 0. The number of hydrogen-bond acceptors (Lipinski definition) is 5. The van der Waals surface area contributed by atoms with Gasteiger partial charge in [0, 0.05) is 17.9 Å². The minimum absolute atomic E-state index is 0.0839. The van der Waals surface area contributed by atoms with E-state index in [9.17, 15) is 4.79 Å². The fourth-order valence-corrected chi connectivity index (χ4v) is 3.02. The van der Waals surface area contributed by atoms with Crippen LogP contribution in [-0.2, 0) is 11.3 Å². The van der Waals surface area contributed by atoms with Crippen molar-refractivity contribution in [3.63, 3.8) is 0 Å². The molecule has 24 heavy (non-hydrogen) atoms. The quantitative estimate of drug-likeness (QED) is 0.732. The molecule has 3 rings (SSSR count). The Bertz CT molecular complexity index is 821. The number of benzene rings is 1. The fourth-order valence-electron chi connectivity index (χ4n) is 2.20. The molecule has 6 heteroatoms. The van der Waals surface area contributed by atoms with Crippen molar-refractivity contribution in [2.45, 2.75) is 20.4 Å². The number of carbonyl (C=O) groups is 1. The van der Waals surface area contributed by atoms with Crippen LogP contribution in [0.25, 0.3) is 22.0 Å². The smallest absolute Gasteiger partial charge is 0.217 e. The Hall–Kier alpha value is -2.60. The Morgan fingerprint density at radius 3 is 2.75 bits per heavy atom. The second-order valence-electron chi connectivity index (χ2n) is 5.17. The van der Waals surface area contributed by atoms with Gasteiger partial charge in [0.2, 0.25) is 5.91 Å². The molecule has 0 unspecified atom stereocenters. The maximum absolute atomic E-state index is 10.9. The Balaban J connectivity index is 1.74. The van der Waals surface area contributed by atoms with E-state index in [1.807, 2.05) is 48.7 Å². The number of nitrogens with zero attached hydrogens (tertiary/aromatic N) is 1. The van der Waals surface area contributed by atoms with Crippen LogP contribution in [0.15, 0.2) is 46.2 Å². The monoisotopic (exact) mass is 342 g/mol. The van der Waals surface area contributed by atoms with E-state index in [2.05, 4.69) is 10.3 Å². The van der Waals surface area contributed by atoms with Crippen LogP contribution in [0.1, 0.15) is 19.6 Å². The van der Waals surface area contributed by atoms with Gasteiger partial charge in [0.1, 0.15) is 22.2 Å². The van der Waals surface area contributed by atoms with Crippen molar-refractivity contribution in [3.8, 4) is 27.8 Å². The summed E-state index contributed by atoms with van der Waals surface area (Å²) < 4.78 is 11.2. The zero-order valence-corrected chi connectivity index (χ0v) is 14.4. The molecule has 0 aliphatic heterocycles. The van der Waals surface area contributed by atoms with Gasteiger partial charge < -0.3 is 14.5 Å². The van der Waals surface area contributed by atoms with Gasteiger partial charge >= 0.3 is 0 Å². The van der Waals surface area contributed by atoms with E-state index in [1.165, 1.54) is 6.92 Å². The lowest BCUT2D eigenvalue weighted by Gasteiger charge is -2.02. The predicted octanol–water partition coefficient (Wildman–Crippen LogP) is 4.10. The van der Waals surface area contributed by atoms with Crippen molar-refractivity contribution < 1.29 is 13.9 Å². The van der Waals surface area contributed by atoms with E-state index in [4.69, 9.17) is 9.15 Å². The normalized spacial score (nSPS) is 10.6. The van der Waals surface area contributed by atoms with Crippen LogP contribution in [0.4, 0.5) is 0 Å². The van der Waals surface area contributed by atoms with Gasteiger partial charge in [-0.05, 0) is 43.3 Å². The lowest BCUT2D eigenvalue weighted by atomic mass is 10.2. The van der Waals surface area contributed by atoms with Gasteiger partial charge in [-0.15, -0.1) is 11.3 Å². The average Bonchev–Trinajstić information content (AvgIpc) is 3.23. The molecule has 0 aliphatic rings. The van der Waals surface area contributed by atoms with E-state index >= 15 is 0 Å². The minimum atomic E-state index is -0.0839. The van der Waals surface area contributed by atoms with Gasteiger partial charge in [-0.3, -0.25) is 4.79 Å².